The van der Waals surface area contributed by atoms with Crippen molar-refractivity contribution in [3.63, 3.8) is 0 Å². The molecule has 2 aromatic rings. The smallest absolute Gasteiger partial charge is 0.235 e. The van der Waals surface area contributed by atoms with Gasteiger partial charge in [-0.25, -0.2) is 4.98 Å². The molecule has 0 bridgehead atoms. The van der Waals surface area contributed by atoms with Gasteiger partial charge in [-0.15, -0.1) is 5.10 Å². The first-order valence-electron chi connectivity index (χ1n) is 8.83. The molecule has 1 aliphatic heterocycles. The van der Waals surface area contributed by atoms with Crippen molar-refractivity contribution in [3.05, 3.63) is 41.7 Å². The minimum atomic E-state index is -0.167. The van der Waals surface area contributed by atoms with Crippen LogP contribution in [0.3, 0.4) is 0 Å². The van der Waals surface area contributed by atoms with Crippen LogP contribution < -0.4 is 0 Å². The fraction of sp³-hybridized carbons (Fsp3) is 0.421. The van der Waals surface area contributed by atoms with Crippen molar-refractivity contribution < 1.29 is 4.79 Å². The summed E-state index contributed by atoms with van der Waals surface area (Å²) >= 11 is 1.42. The molecule has 1 unspecified atom stereocenters. The molecule has 1 saturated heterocycles. The molecule has 3 rings (SSSR count). The highest BCUT2D eigenvalue weighted by Gasteiger charge is 2.23. The number of thioether (sulfide) groups is 1. The van der Waals surface area contributed by atoms with Gasteiger partial charge in [-0.05, 0) is 31.4 Å². The largest absolute Gasteiger partial charge is 0.342 e. The lowest BCUT2D eigenvalue weighted by Crippen LogP contribution is -2.37. The molecule has 6 heteroatoms. The second kappa shape index (κ2) is 8.85. The molecular weight excluding hydrogens is 332 g/mol. The van der Waals surface area contributed by atoms with Gasteiger partial charge < -0.3 is 4.90 Å². The standard InChI is InChI=1S/C19H24N4OS/c1-15(18(24)23-13-7-2-3-8-14-23)25-19-20-17(21-22-19)12-11-16-9-5-4-6-10-16/h4-6,9-12,15H,2-3,7-8,13-14H2,1H3,(H,20,21,22)/b12-11+. The van der Waals surface area contributed by atoms with E-state index in [1.54, 1.807) is 0 Å². The molecule has 0 spiro atoms. The summed E-state index contributed by atoms with van der Waals surface area (Å²) < 4.78 is 0. The van der Waals surface area contributed by atoms with E-state index < -0.39 is 0 Å². The molecule has 1 amide bonds. The van der Waals surface area contributed by atoms with E-state index in [4.69, 9.17) is 0 Å². The molecule has 0 saturated carbocycles. The van der Waals surface area contributed by atoms with Crippen molar-refractivity contribution in [1.82, 2.24) is 20.1 Å². The van der Waals surface area contributed by atoms with Crippen LogP contribution in [-0.4, -0.2) is 44.3 Å². The molecule has 1 N–H and O–H groups in total. The molecule has 1 fully saturated rings. The maximum absolute atomic E-state index is 12.6. The third-order valence-corrected chi connectivity index (χ3v) is 5.21. The van der Waals surface area contributed by atoms with Gasteiger partial charge >= 0.3 is 0 Å². The summed E-state index contributed by atoms with van der Waals surface area (Å²) in [6.07, 6.45) is 8.55. The summed E-state index contributed by atoms with van der Waals surface area (Å²) in [7, 11) is 0. The van der Waals surface area contributed by atoms with Crippen LogP contribution in [0.2, 0.25) is 0 Å². The Bertz CT molecular complexity index is 705. The number of aromatic nitrogens is 3. The van der Waals surface area contributed by atoms with Crippen LogP contribution >= 0.6 is 11.8 Å². The zero-order valence-corrected chi connectivity index (χ0v) is 15.3. The van der Waals surface area contributed by atoms with Gasteiger partial charge in [0.2, 0.25) is 11.1 Å². The van der Waals surface area contributed by atoms with Gasteiger partial charge in [-0.3, -0.25) is 9.89 Å². The monoisotopic (exact) mass is 356 g/mol. The summed E-state index contributed by atoms with van der Waals surface area (Å²) in [5.41, 5.74) is 1.11. The number of hydrogen-bond acceptors (Lipinski definition) is 4. The number of rotatable bonds is 5. The predicted octanol–water partition coefficient (Wildman–Crippen LogP) is 3.86. The van der Waals surface area contributed by atoms with E-state index in [-0.39, 0.29) is 11.2 Å². The molecule has 0 radical (unpaired) electrons. The van der Waals surface area contributed by atoms with Crippen molar-refractivity contribution in [2.75, 3.05) is 13.1 Å². The molecule has 1 aliphatic rings. The lowest BCUT2D eigenvalue weighted by molar-refractivity contribution is -0.130. The minimum absolute atomic E-state index is 0.167. The average molecular weight is 356 g/mol. The number of H-pyrrole nitrogens is 1. The van der Waals surface area contributed by atoms with Crippen LogP contribution in [0.1, 0.15) is 44.0 Å². The van der Waals surface area contributed by atoms with Crippen molar-refractivity contribution in [2.24, 2.45) is 0 Å². The molecule has 1 aromatic carbocycles. The Kier molecular flexibility index (Phi) is 6.28. The quantitative estimate of drug-likeness (QED) is 0.827. The zero-order valence-electron chi connectivity index (χ0n) is 14.5. The van der Waals surface area contributed by atoms with E-state index in [9.17, 15) is 4.79 Å². The topological polar surface area (TPSA) is 61.9 Å². The van der Waals surface area contributed by atoms with Crippen LogP contribution in [0.15, 0.2) is 35.5 Å². The summed E-state index contributed by atoms with van der Waals surface area (Å²) in [5.74, 6) is 0.888. The van der Waals surface area contributed by atoms with Crippen LogP contribution in [0.25, 0.3) is 12.2 Å². The summed E-state index contributed by atoms with van der Waals surface area (Å²) in [4.78, 5) is 19.0. The Morgan fingerprint density at radius 3 is 2.60 bits per heavy atom. The van der Waals surface area contributed by atoms with Gasteiger partial charge in [-0.1, -0.05) is 61.0 Å². The Balaban J connectivity index is 1.57. The summed E-state index contributed by atoms with van der Waals surface area (Å²) in [6, 6.07) is 10.0. The lowest BCUT2D eigenvalue weighted by atomic mass is 10.2. The Hall–Kier alpha value is -2.08. The number of carbonyl (C=O) groups excluding carboxylic acids is 1. The number of hydrogen-bond donors (Lipinski definition) is 1. The van der Waals surface area contributed by atoms with E-state index in [2.05, 4.69) is 15.2 Å². The number of benzene rings is 1. The fourth-order valence-electron chi connectivity index (χ4n) is 2.88. The number of amides is 1. The number of nitrogens with one attached hydrogen (secondary N) is 1. The summed E-state index contributed by atoms with van der Waals surface area (Å²) in [6.45, 7) is 3.69. The zero-order chi connectivity index (χ0) is 17.5. The third kappa shape index (κ3) is 5.19. The van der Waals surface area contributed by atoms with Crippen molar-refractivity contribution >= 4 is 29.8 Å². The van der Waals surface area contributed by atoms with Gasteiger partial charge in [0.1, 0.15) is 5.82 Å². The van der Waals surface area contributed by atoms with E-state index in [1.807, 2.05) is 54.3 Å². The molecule has 25 heavy (non-hydrogen) atoms. The van der Waals surface area contributed by atoms with Crippen molar-refractivity contribution in [3.8, 4) is 0 Å². The van der Waals surface area contributed by atoms with Crippen molar-refractivity contribution in [2.45, 2.75) is 43.0 Å². The van der Waals surface area contributed by atoms with Crippen LogP contribution in [0.4, 0.5) is 0 Å². The molecule has 2 heterocycles. The lowest BCUT2D eigenvalue weighted by Gasteiger charge is -2.23. The van der Waals surface area contributed by atoms with E-state index in [1.165, 1.54) is 24.6 Å². The van der Waals surface area contributed by atoms with Crippen molar-refractivity contribution in [1.29, 1.82) is 0 Å². The first kappa shape index (κ1) is 17.7. The van der Waals surface area contributed by atoms with E-state index in [0.717, 1.165) is 31.5 Å². The Morgan fingerprint density at radius 2 is 1.88 bits per heavy atom. The molecule has 132 valence electrons. The Morgan fingerprint density at radius 1 is 1.16 bits per heavy atom. The van der Waals surface area contributed by atoms with Gasteiger partial charge in [-0.2, -0.15) is 0 Å². The number of likely N-dealkylation sites (tertiary alicyclic amines) is 1. The summed E-state index contributed by atoms with van der Waals surface area (Å²) in [5, 5.41) is 7.58. The van der Waals surface area contributed by atoms with Gasteiger partial charge in [0, 0.05) is 13.1 Å². The fourth-order valence-corrected chi connectivity index (χ4v) is 3.70. The van der Waals surface area contributed by atoms with Gasteiger partial charge in [0.25, 0.3) is 0 Å². The maximum Gasteiger partial charge on any atom is 0.235 e. The molecule has 1 aromatic heterocycles. The predicted molar refractivity (Wildman–Crippen MR) is 102 cm³/mol. The van der Waals surface area contributed by atoms with Crippen LogP contribution in [-0.2, 0) is 4.79 Å². The number of nitrogens with zero attached hydrogens (tertiary/aromatic N) is 3. The van der Waals surface area contributed by atoms with Crippen LogP contribution in [0, 0.1) is 0 Å². The number of aromatic amines is 1. The normalized spacial score (nSPS) is 16.8. The number of carbonyl (C=O) groups is 1. The first-order chi connectivity index (χ1) is 12.2. The van der Waals surface area contributed by atoms with Gasteiger partial charge in [0.05, 0.1) is 5.25 Å². The molecule has 1 atom stereocenters. The Labute approximate surface area is 152 Å². The first-order valence-corrected chi connectivity index (χ1v) is 9.71. The molecular formula is C19H24N4OS. The molecule has 5 nitrogen and oxygen atoms in total. The average Bonchev–Trinajstić information content (AvgIpc) is 2.91. The third-order valence-electron chi connectivity index (χ3n) is 4.26. The highest BCUT2D eigenvalue weighted by molar-refractivity contribution is 8.00. The van der Waals surface area contributed by atoms with Gasteiger partial charge in [0.15, 0.2) is 0 Å². The second-order valence-electron chi connectivity index (χ2n) is 6.25. The second-order valence-corrected chi connectivity index (χ2v) is 7.55. The van der Waals surface area contributed by atoms with E-state index >= 15 is 0 Å². The van der Waals surface area contributed by atoms with E-state index in [0.29, 0.717) is 11.0 Å². The maximum atomic E-state index is 12.6. The van der Waals surface area contributed by atoms with Crippen LogP contribution in [0.5, 0.6) is 0 Å². The molecule has 0 aliphatic carbocycles. The minimum Gasteiger partial charge on any atom is -0.342 e. The SMILES string of the molecule is CC(Sc1n[nH]c(/C=C/c2ccccc2)n1)C(=O)N1CCCCCC1. The highest BCUT2D eigenvalue weighted by Crippen LogP contribution is 2.22. The highest BCUT2D eigenvalue weighted by atomic mass is 32.2.